The Morgan fingerprint density at radius 3 is 1.93 bits per heavy atom. The molecule has 0 spiro atoms. The summed E-state index contributed by atoms with van der Waals surface area (Å²) in [4.78, 5) is 16.5. The molecule has 1 heterocycles. The summed E-state index contributed by atoms with van der Waals surface area (Å²) in [5.74, 6) is 1.19. The number of hydrogen-bond donors (Lipinski definition) is 0. The van der Waals surface area contributed by atoms with Gasteiger partial charge in [0.25, 0.3) is 0 Å². The van der Waals surface area contributed by atoms with Crippen molar-refractivity contribution in [2.75, 3.05) is 32.8 Å². The molecule has 3 rings (SSSR count). The number of methoxy groups -OCH3 is 3. The van der Waals surface area contributed by atoms with E-state index in [1.807, 2.05) is 6.92 Å². The Hall–Kier alpha value is -3.31. The SMILES string of the molecule is CCC(CC)CN1c2cc(OC)c(OC)cc2C(N(Cc2cc(C(F)(F)F)cc(C(F)(F)F)c2)C(=O)OC)C[C@H]1C. The molecule has 0 saturated carbocycles. The normalized spacial score (nSPS) is 17.3. The van der Waals surface area contributed by atoms with Crippen LogP contribution in [0.3, 0.4) is 0 Å². The number of hydrogen-bond acceptors (Lipinski definition) is 5. The highest BCUT2D eigenvalue weighted by Crippen LogP contribution is 2.47. The Kier molecular flexibility index (Phi) is 9.97. The summed E-state index contributed by atoms with van der Waals surface area (Å²) >= 11 is 0. The maximum absolute atomic E-state index is 13.6. The van der Waals surface area contributed by atoms with Crippen molar-refractivity contribution in [1.82, 2.24) is 4.90 Å². The molecule has 2 atom stereocenters. The number of rotatable bonds is 9. The zero-order valence-corrected chi connectivity index (χ0v) is 23.9. The van der Waals surface area contributed by atoms with E-state index in [-0.39, 0.29) is 17.7 Å². The summed E-state index contributed by atoms with van der Waals surface area (Å²) in [7, 11) is 4.06. The molecule has 0 radical (unpaired) electrons. The van der Waals surface area contributed by atoms with E-state index in [0.717, 1.165) is 25.6 Å². The minimum absolute atomic E-state index is 0.0663. The molecule has 228 valence electrons. The van der Waals surface area contributed by atoms with Crippen molar-refractivity contribution in [2.45, 2.75) is 71.0 Å². The van der Waals surface area contributed by atoms with Crippen LogP contribution in [0.15, 0.2) is 30.3 Å². The number of fused-ring (bicyclic) bond motifs is 1. The van der Waals surface area contributed by atoms with Crippen molar-refractivity contribution < 1.29 is 45.3 Å². The second-order valence-electron chi connectivity index (χ2n) is 10.2. The van der Waals surface area contributed by atoms with Gasteiger partial charge >= 0.3 is 18.4 Å². The van der Waals surface area contributed by atoms with Gasteiger partial charge in [-0.25, -0.2) is 4.79 Å². The largest absolute Gasteiger partial charge is 0.493 e. The fourth-order valence-corrected chi connectivity index (χ4v) is 5.34. The predicted molar refractivity (Wildman–Crippen MR) is 142 cm³/mol. The molecule has 0 saturated heterocycles. The number of carbonyl (C=O) groups excluding carboxylic acids is 1. The summed E-state index contributed by atoms with van der Waals surface area (Å²) in [6.07, 6.45) is -8.69. The van der Waals surface area contributed by atoms with Crippen LogP contribution in [0.5, 0.6) is 11.5 Å². The van der Waals surface area contributed by atoms with Crippen LogP contribution >= 0.6 is 0 Å². The summed E-state index contributed by atoms with van der Waals surface area (Å²) in [6, 6.07) is 3.95. The fraction of sp³-hybridized carbons (Fsp3) is 0.552. The zero-order chi connectivity index (χ0) is 30.7. The molecule has 12 heteroatoms. The van der Waals surface area contributed by atoms with Gasteiger partial charge in [-0.1, -0.05) is 26.7 Å². The molecule has 1 aliphatic heterocycles. The summed E-state index contributed by atoms with van der Waals surface area (Å²) < 4.78 is 97.4. The second-order valence-corrected chi connectivity index (χ2v) is 10.2. The molecule has 0 aliphatic carbocycles. The van der Waals surface area contributed by atoms with E-state index >= 15 is 0 Å². The molecule has 1 amide bonds. The lowest BCUT2D eigenvalue weighted by Crippen LogP contribution is -2.46. The summed E-state index contributed by atoms with van der Waals surface area (Å²) in [6.45, 7) is 6.34. The minimum atomic E-state index is -5.02. The topological polar surface area (TPSA) is 51.2 Å². The van der Waals surface area contributed by atoms with Crippen LogP contribution in [0.1, 0.15) is 68.3 Å². The van der Waals surface area contributed by atoms with Crippen LogP contribution in [0.2, 0.25) is 0 Å². The molecule has 2 aromatic carbocycles. The van der Waals surface area contributed by atoms with Crippen molar-refractivity contribution in [2.24, 2.45) is 5.92 Å². The van der Waals surface area contributed by atoms with Crippen LogP contribution in [-0.2, 0) is 23.6 Å². The Balaban J connectivity index is 2.18. The first-order chi connectivity index (χ1) is 19.2. The number of benzene rings is 2. The molecule has 41 heavy (non-hydrogen) atoms. The average molecular weight is 591 g/mol. The van der Waals surface area contributed by atoms with Gasteiger partial charge in [0.15, 0.2) is 11.5 Å². The molecule has 0 N–H and O–H groups in total. The zero-order valence-electron chi connectivity index (χ0n) is 23.9. The van der Waals surface area contributed by atoms with Gasteiger partial charge in [0.1, 0.15) is 0 Å². The molecule has 6 nitrogen and oxygen atoms in total. The quantitative estimate of drug-likeness (QED) is 0.277. The average Bonchev–Trinajstić information content (AvgIpc) is 2.93. The first-order valence-electron chi connectivity index (χ1n) is 13.3. The second kappa shape index (κ2) is 12.7. The molecule has 0 fully saturated rings. The number of halogens is 6. The first-order valence-corrected chi connectivity index (χ1v) is 13.3. The molecular weight excluding hydrogens is 554 g/mol. The van der Waals surface area contributed by atoms with Crippen molar-refractivity contribution in [1.29, 1.82) is 0 Å². The molecular formula is C29H36F6N2O4. The van der Waals surface area contributed by atoms with E-state index in [4.69, 9.17) is 14.2 Å². The number of anilines is 1. The van der Waals surface area contributed by atoms with E-state index in [1.54, 1.807) is 12.1 Å². The van der Waals surface area contributed by atoms with Crippen LogP contribution in [-0.4, -0.2) is 44.9 Å². The van der Waals surface area contributed by atoms with Gasteiger partial charge in [0, 0.05) is 36.4 Å². The summed E-state index contributed by atoms with van der Waals surface area (Å²) in [5.41, 5.74) is -1.86. The van der Waals surface area contributed by atoms with Crippen LogP contribution in [0.25, 0.3) is 0 Å². The van der Waals surface area contributed by atoms with Gasteiger partial charge in [0.05, 0.1) is 38.5 Å². The van der Waals surface area contributed by atoms with E-state index in [0.29, 0.717) is 48.1 Å². The van der Waals surface area contributed by atoms with Gasteiger partial charge in [0.2, 0.25) is 0 Å². The third kappa shape index (κ3) is 7.13. The maximum Gasteiger partial charge on any atom is 0.416 e. The Morgan fingerprint density at radius 1 is 0.927 bits per heavy atom. The monoisotopic (exact) mass is 590 g/mol. The molecule has 0 aromatic heterocycles. The third-order valence-electron chi connectivity index (χ3n) is 7.69. The van der Waals surface area contributed by atoms with Crippen molar-refractivity contribution in [3.8, 4) is 11.5 Å². The molecule has 1 unspecified atom stereocenters. The van der Waals surface area contributed by atoms with Gasteiger partial charge in [-0.05, 0) is 49.1 Å². The van der Waals surface area contributed by atoms with E-state index < -0.39 is 42.2 Å². The lowest BCUT2D eigenvalue weighted by molar-refractivity contribution is -0.143. The number of nitrogens with zero attached hydrogens (tertiary/aromatic N) is 2. The van der Waals surface area contributed by atoms with Crippen molar-refractivity contribution >= 4 is 11.8 Å². The predicted octanol–water partition coefficient (Wildman–Crippen LogP) is 8.09. The smallest absolute Gasteiger partial charge is 0.416 e. The lowest BCUT2D eigenvalue weighted by atomic mass is 9.88. The van der Waals surface area contributed by atoms with Crippen molar-refractivity contribution in [3.05, 3.63) is 52.6 Å². The third-order valence-corrected chi connectivity index (χ3v) is 7.69. The highest BCUT2D eigenvalue weighted by atomic mass is 19.4. The minimum Gasteiger partial charge on any atom is -0.493 e. The van der Waals surface area contributed by atoms with Gasteiger partial charge < -0.3 is 19.1 Å². The Bertz CT molecular complexity index is 1180. The Labute approximate surface area is 236 Å². The summed E-state index contributed by atoms with van der Waals surface area (Å²) in [5, 5.41) is 0. The molecule has 0 bridgehead atoms. The van der Waals surface area contributed by atoms with Crippen LogP contribution < -0.4 is 14.4 Å². The maximum atomic E-state index is 13.6. The Morgan fingerprint density at radius 2 is 1.46 bits per heavy atom. The fourth-order valence-electron chi connectivity index (χ4n) is 5.34. The van der Waals surface area contributed by atoms with E-state index in [9.17, 15) is 31.1 Å². The number of amides is 1. The van der Waals surface area contributed by atoms with Gasteiger partial charge in [-0.2, -0.15) is 26.3 Å². The van der Waals surface area contributed by atoms with E-state index in [1.165, 1.54) is 19.1 Å². The first kappa shape index (κ1) is 32.2. The van der Waals surface area contributed by atoms with Crippen molar-refractivity contribution in [3.63, 3.8) is 0 Å². The van der Waals surface area contributed by atoms with Crippen LogP contribution in [0, 0.1) is 5.92 Å². The highest BCUT2D eigenvalue weighted by molar-refractivity contribution is 5.71. The number of ether oxygens (including phenoxy) is 3. The lowest BCUT2D eigenvalue weighted by Gasteiger charge is -2.45. The molecule has 1 aliphatic rings. The number of carbonyl (C=O) groups is 1. The van der Waals surface area contributed by atoms with Gasteiger partial charge in [-0.15, -0.1) is 0 Å². The number of alkyl halides is 6. The standard InChI is InChI=1S/C29H36F6N2O4/c1-7-18(8-2)15-36-17(3)9-23(22-13-25(39-4)26(40-5)14-24(22)36)37(27(38)41-6)16-19-10-20(28(30,31)32)12-21(11-19)29(33,34)35/h10-14,17-18,23H,7-9,15-16H2,1-6H3/t17-,23?/m1/s1. The van der Waals surface area contributed by atoms with E-state index in [2.05, 4.69) is 18.7 Å². The molecule has 2 aromatic rings. The van der Waals surface area contributed by atoms with Crippen LogP contribution in [0.4, 0.5) is 36.8 Å². The van der Waals surface area contributed by atoms with Gasteiger partial charge in [-0.3, -0.25) is 4.90 Å². The highest BCUT2D eigenvalue weighted by Gasteiger charge is 2.40.